The number of piperidine rings is 1. The summed E-state index contributed by atoms with van der Waals surface area (Å²) in [5.74, 6) is 0.744. The minimum absolute atomic E-state index is 0.119. The molecule has 2 saturated heterocycles. The van der Waals surface area contributed by atoms with Gasteiger partial charge in [0.2, 0.25) is 0 Å². The van der Waals surface area contributed by atoms with Gasteiger partial charge in [-0.1, -0.05) is 12.1 Å². The molecule has 0 bridgehead atoms. The van der Waals surface area contributed by atoms with Crippen molar-refractivity contribution in [3.05, 3.63) is 90.0 Å². The Bertz CT molecular complexity index is 1660. The van der Waals surface area contributed by atoms with E-state index < -0.39 is 11.3 Å². The molecule has 6 rings (SSSR count). The molecule has 46 heavy (non-hydrogen) atoms. The number of ether oxygens (including phenoxy) is 2. The fourth-order valence-corrected chi connectivity index (χ4v) is 6.99. The van der Waals surface area contributed by atoms with Crippen molar-refractivity contribution in [1.82, 2.24) is 40.5 Å². The first-order valence-electron chi connectivity index (χ1n) is 15.3. The number of hydrogen-bond donors (Lipinski definition) is 2. The van der Waals surface area contributed by atoms with Crippen LogP contribution in [0.3, 0.4) is 0 Å². The summed E-state index contributed by atoms with van der Waals surface area (Å²) in [5, 5.41) is 21.0. The molecule has 0 radical (unpaired) electrons. The van der Waals surface area contributed by atoms with Crippen molar-refractivity contribution >= 4 is 11.8 Å². The highest BCUT2D eigenvalue weighted by Crippen LogP contribution is 2.42. The highest BCUT2D eigenvalue weighted by atomic mass is 16.5. The Kier molecular flexibility index (Phi) is 8.95. The molecule has 0 saturated carbocycles. The van der Waals surface area contributed by atoms with Crippen molar-refractivity contribution in [2.45, 2.75) is 36.5 Å². The summed E-state index contributed by atoms with van der Waals surface area (Å²) < 4.78 is 12.7. The van der Waals surface area contributed by atoms with E-state index in [1.807, 2.05) is 40.7 Å². The number of likely N-dealkylation sites (tertiary alicyclic amines) is 2. The van der Waals surface area contributed by atoms with Gasteiger partial charge in [0.15, 0.2) is 0 Å². The lowest BCUT2D eigenvalue weighted by atomic mass is 9.72. The second-order valence-electron chi connectivity index (χ2n) is 12.0. The number of pyridine rings is 1. The van der Waals surface area contributed by atoms with Crippen LogP contribution >= 0.6 is 0 Å². The second-order valence-corrected chi connectivity index (χ2v) is 12.0. The summed E-state index contributed by atoms with van der Waals surface area (Å²) in [6.07, 6.45) is 7.56. The topological polar surface area (TPSA) is 148 Å². The average Bonchev–Trinajstić information content (AvgIpc) is 3.82. The Labute approximate surface area is 267 Å². The SMILES string of the molecule is COc1cccc(C2(CCN3CCC(C(=O)NO)(c4ccncc4)CC3)CCN(C(=O)c3cc(-n4cnnn4)ccc3OC)C2)c1. The third-order valence-electron chi connectivity index (χ3n) is 9.74. The van der Waals surface area contributed by atoms with Crippen molar-refractivity contribution in [3.8, 4) is 17.2 Å². The molecule has 13 heteroatoms. The zero-order valence-electron chi connectivity index (χ0n) is 26.0. The predicted octanol–water partition coefficient (Wildman–Crippen LogP) is 2.79. The van der Waals surface area contributed by atoms with Crippen LogP contribution in [0.25, 0.3) is 5.69 Å². The molecule has 13 nitrogen and oxygen atoms in total. The molecule has 2 aliphatic rings. The van der Waals surface area contributed by atoms with E-state index in [0.29, 0.717) is 56.0 Å². The van der Waals surface area contributed by atoms with Crippen LogP contribution in [0.5, 0.6) is 11.5 Å². The zero-order valence-corrected chi connectivity index (χ0v) is 26.0. The van der Waals surface area contributed by atoms with Crippen LogP contribution in [0.4, 0.5) is 0 Å². The van der Waals surface area contributed by atoms with Crippen molar-refractivity contribution in [2.75, 3.05) is 46.9 Å². The van der Waals surface area contributed by atoms with E-state index in [0.717, 1.165) is 36.3 Å². The summed E-state index contributed by atoms with van der Waals surface area (Å²) in [6, 6.07) is 17.1. The molecule has 240 valence electrons. The van der Waals surface area contributed by atoms with Gasteiger partial charge in [-0.2, -0.15) is 0 Å². The average molecular weight is 627 g/mol. The third-order valence-corrected chi connectivity index (χ3v) is 9.74. The molecule has 1 unspecified atom stereocenters. The minimum Gasteiger partial charge on any atom is -0.497 e. The Hall–Kier alpha value is -4.88. The number of rotatable bonds is 10. The van der Waals surface area contributed by atoms with Crippen LogP contribution in [0, 0.1) is 0 Å². The number of amides is 2. The molecule has 1 atom stereocenters. The molecule has 0 spiro atoms. The lowest BCUT2D eigenvalue weighted by Crippen LogP contribution is -2.51. The molecule has 2 N–H and O–H groups in total. The van der Waals surface area contributed by atoms with Crippen LogP contribution in [-0.2, 0) is 15.6 Å². The monoisotopic (exact) mass is 626 g/mol. The summed E-state index contributed by atoms with van der Waals surface area (Å²) in [6.45, 7) is 3.26. The van der Waals surface area contributed by atoms with Gasteiger partial charge in [-0.25, -0.2) is 10.2 Å². The fraction of sp³-hybridized carbons (Fsp3) is 0.394. The molecular weight excluding hydrogens is 588 g/mol. The largest absolute Gasteiger partial charge is 0.497 e. The number of aromatic nitrogens is 5. The van der Waals surface area contributed by atoms with Crippen molar-refractivity contribution in [2.24, 2.45) is 0 Å². The van der Waals surface area contributed by atoms with E-state index >= 15 is 0 Å². The van der Waals surface area contributed by atoms with Gasteiger partial charge in [-0.3, -0.25) is 19.8 Å². The molecule has 2 aromatic heterocycles. The highest BCUT2D eigenvalue weighted by Gasteiger charge is 2.45. The number of benzene rings is 2. The van der Waals surface area contributed by atoms with E-state index in [1.165, 1.54) is 11.0 Å². The van der Waals surface area contributed by atoms with Gasteiger partial charge in [-0.05, 0) is 109 Å². The van der Waals surface area contributed by atoms with E-state index in [9.17, 15) is 14.8 Å². The number of nitrogens with one attached hydrogen (secondary N) is 1. The van der Waals surface area contributed by atoms with Crippen LogP contribution < -0.4 is 15.0 Å². The Morgan fingerprint density at radius 3 is 2.46 bits per heavy atom. The summed E-state index contributed by atoms with van der Waals surface area (Å²) in [5.41, 5.74) is 3.86. The summed E-state index contributed by atoms with van der Waals surface area (Å²) >= 11 is 0. The van der Waals surface area contributed by atoms with Gasteiger partial charge < -0.3 is 19.3 Å². The first kappa shape index (κ1) is 31.1. The first-order valence-corrected chi connectivity index (χ1v) is 15.3. The normalized spacial score (nSPS) is 19.5. The van der Waals surface area contributed by atoms with Crippen molar-refractivity contribution in [1.29, 1.82) is 0 Å². The third kappa shape index (κ3) is 5.90. The number of tetrazole rings is 1. The van der Waals surface area contributed by atoms with Crippen molar-refractivity contribution in [3.63, 3.8) is 0 Å². The number of methoxy groups -OCH3 is 2. The molecule has 2 amide bonds. The fourth-order valence-electron chi connectivity index (χ4n) is 6.99. The lowest BCUT2D eigenvalue weighted by Gasteiger charge is -2.41. The predicted molar refractivity (Wildman–Crippen MR) is 167 cm³/mol. The second kappa shape index (κ2) is 13.2. The molecule has 4 heterocycles. The van der Waals surface area contributed by atoms with Gasteiger partial charge in [0, 0.05) is 30.9 Å². The highest BCUT2D eigenvalue weighted by molar-refractivity contribution is 5.98. The molecule has 2 aliphatic heterocycles. The molecule has 4 aromatic rings. The maximum absolute atomic E-state index is 14.1. The summed E-state index contributed by atoms with van der Waals surface area (Å²) in [7, 11) is 3.21. The van der Waals surface area contributed by atoms with Crippen molar-refractivity contribution < 1.29 is 24.3 Å². The van der Waals surface area contributed by atoms with E-state index in [1.54, 1.807) is 38.7 Å². The standard InChI is InChI=1S/C33H38N8O5/c1-45-27-5-3-4-25(20-27)32(10-16-39-17-12-33(13-18-39,31(43)36-44)24-8-14-34-15-9-24)11-19-40(22-32)30(42)28-21-26(6-7-29(28)46-2)41-23-35-37-38-41/h3-9,14-15,20-21,23,44H,10-13,16-19,22H2,1-2H3,(H,36,43). The Morgan fingerprint density at radius 2 is 1.76 bits per heavy atom. The van der Waals surface area contributed by atoms with Crippen LogP contribution in [0.1, 0.15) is 47.2 Å². The molecule has 2 aromatic carbocycles. The smallest absolute Gasteiger partial charge is 0.257 e. The van der Waals surface area contributed by atoms with Gasteiger partial charge in [0.25, 0.3) is 11.8 Å². The minimum atomic E-state index is -0.814. The lowest BCUT2D eigenvalue weighted by molar-refractivity contribution is -0.137. The van der Waals surface area contributed by atoms with E-state index in [-0.39, 0.29) is 11.3 Å². The van der Waals surface area contributed by atoms with Crippen LogP contribution in [0.15, 0.2) is 73.3 Å². The molecule has 2 fully saturated rings. The number of carbonyl (C=O) groups is 2. The van der Waals surface area contributed by atoms with Crippen LogP contribution in [0.2, 0.25) is 0 Å². The van der Waals surface area contributed by atoms with Gasteiger partial charge in [0.1, 0.15) is 17.8 Å². The Balaban J connectivity index is 1.22. The maximum Gasteiger partial charge on any atom is 0.257 e. The van der Waals surface area contributed by atoms with E-state index in [2.05, 4.69) is 37.5 Å². The number of nitrogens with zero attached hydrogens (tertiary/aromatic N) is 7. The van der Waals surface area contributed by atoms with Gasteiger partial charge in [-0.15, -0.1) is 5.10 Å². The van der Waals surface area contributed by atoms with Gasteiger partial charge in [0.05, 0.1) is 30.9 Å². The van der Waals surface area contributed by atoms with Gasteiger partial charge >= 0.3 is 0 Å². The Morgan fingerprint density at radius 1 is 0.957 bits per heavy atom. The molecular formula is C33H38N8O5. The summed E-state index contributed by atoms with van der Waals surface area (Å²) in [4.78, 5) is 35.4. The van der Waals surface area contributed by atoms with Crippen LogP contribution in [-0.4, -0.2) is 99.0 Å². The zero-order chi connectivity index (χ0) is 32.1. The van der Waals surface area contributed by atoms with E-state index in [4.69, 9.17) is 9.47 Å². The number of hydroxylamine groups is 1. The quantitative estimate of drug-likeness (QED) is 0.199. The maximum atomic E-state index is 14.1. The number of carbonyl (C=O) groups excluding carboxylic acids is 2. The molecule has 0 aliphatic carbocycles. The first-order chi connectivity index (χ1) is 22.4. The number of hydrogen-bond acceptors (Lipinski definition) is 10.